The summed E-state index contributed by atoms with van der Waals surface area (Å²) in [6.07, 6.45) is 4.04. The molecule has 0 radical (unpaired) electrons. The first-order chi connectivity index (χ1) is 10.8. The van der Waals surface area contributed by atoms with E-state index in [1.54, 1.807) is 4.90 Å². The number of rotatable bonds is 2. The Bertz CT molecular complexity index is 585. The number of amides is 1. The van der Waals surface area contributed by atoms with Crippen LogP contribution in [0.3, 0.4) is 0 Å². The van der Waals surface area contributed by atoms with Gasteiger partial charge in [-0.1, -0.05) is 11.6 Å². The van der Waals surface area contributed by atoms with Gasteiger partial charge in [-0.25, -0.2) is 4.79 Å². The SMILES string of the molecule is CC(C)(C)OC(=O)N1CCC(c2nc(C3CC3)ccc2Cl)CC1. The third kappa shape index (κ3) is 4.17. The van der Waals surface area contributed by atoms with Crippen LogP contribution in [0, 0.1) is 0 Å². The second kappa shape index (κ2) is 6.31. The monoisotopic (exact) mass is 336 g/mol. The van der Waals surface area contributed by atoms with E-state index in [2.05, 4.69) is 6.07 Å². The van der Waals surface area contributed by atoms with Gasteiger partial charge in [-0.2, -0.15) is 0 Å². The molecule has 0 aromatic carbocycles. The second-order valence-electron chi connectivity index (χ2n) is 7.62. The Morgan fingerprint density at radius 2 is 1.83 bits per heavy atom. The van der Waals surface area contributed by atoms with Crippen LogP contribution >= 0.6 is 11.6 Å². The summed E-state index contributed by atoms with van der Waals surface area (Å²) >= 11 is 6.37. The Balaban J connectivity index is 1.63. The molecule has 0 atom stereocenters. The average Bonchev–Trinajstić information content (AvgIpc) is 3.31. The van der Waals surface area contributed by atoms with E-state index in [1.165, 1.54) is 18.5 Å². The van der Waals surface area contributed by atoms with E-state index in [1.807, 2.05) is 26.8 Å². The van der Waals surface area contributed by atoms with E-state index in [0.29, 0.717) is 24.9 Å². The lowest BCUT2D eigenvalue weighted by Gasteiger charge is -2.33. The van der Waals surface area contributed by atoms with Crippen molar-refractivity contribution < 1.29 is 9.53 Å². The first kappa shape index (κ1) is 16.6. The molecule has 1 amide bonds. The van der Waals surface area contributed by atoms with Gasteiger partial charge in [0.05, 0.1) is 10.7 Å². The summed E-state index contributed by atoms with van der Waals surface area (Å²) in [5, 5.41) is 0.755. The number of halogens is 1. The molecule has 126 valence electrons. The maximum atomic E-state index is 12.1. The molecule has 23 heavy (non-hydrogen) atoms. The highest BCUT2D eigenvalue weighted by Gasteiger charge is 2.30. The highest BCUT2D eigenvalue weighted by atomic mass is 35.5. The van der Waals surface area contributed by atoms with Gasteiger partial charge in [0.2, 0.25) is 0 Å². The molecule has 5 heteroatoms. The Labute approximate surface area is 143 Å². The Kier molecular flexibility index (Phi) is 4.54. The normalized spacial score (nSPS) is 19.7. The summed E-state index contributed by atoms with van der Waals surface area (Å²) in [6.45, 7) is 7.08. The molecule has 2 fully saturated rings. The first-order valence-corrected chi connectivity index (χ1v) is 8.85. The summed E-state index contributed by atoms with van der Waals surface area (Å²) in [7, 11) is 0. The van der Waals surface area contributed by atoms with Crippen LogP contribution in [0.25, 0.3) is 0 Å². The van der Waals surface area contributed by atoms with Gasteiger partial charge in [0, 0.05) is 30.6 Å². The Hall–Kier alpha value is -1.29. The van der Waals surface area contributed by atoms with Crippen LogP contribution in [0.2, 0.25) is 5.02 Å². The van der Waals surface area contributed by atoms with E-state index in [-0.39, 0.29) is 6.09 Å². The van der Waals surface area contributed by atoms with E-state index in [4.69, 9.17) is 21.3 Å². The van der Waals surface area contributed by atoms with Gasteiger partial charge < -0.3 is 9.64 Å². The zero-order valence-corrected chi connectivity index (χ0v) is 14.9. The number of ether oxygens (including phenoxy) is 1. The molecule has 0 spiro atoms. The van der Waals surface area contributed by atoms with Crippen LogP contribution in [0.1, 0.15) is 69.7 Å². The molecule has 1 aliphatic heterocycles. The number of hydrogen-bond acceptors (Lipinski definition) is 3. The third-order valence-corrected chi connectivity index (χ3v) is 4.74. The van der Waals surface area contributed by atoms with E-state index >= 15 is 0 Å². The Morgan fingerprint density at radius 3 is 2.39 bits per heavy atom. The second-order valence-corrected chi connectivity index (χ2v) is 8.03. The fourth-order valence-corrected chi connectivity index (χ4v) is 3.29. The largest absolute Gasteiger partial charge is 0.444 e. The van der Waals surface area contributed by atoms with Gasteiger partial charge in [-0.05, 0) is 58.6 Å². The van der Waals surface area contributed by atoms with E-state index < -0.39 is 5.60 Å². The van der Waals surface area contributed by atoms with Gasteiger partial charge >= 0.3 is 6.09 Å². The quantitative estimate of drug-likeness (QED) is 0.784. The zero-order valence-electron chi connectivity index (χ0n) is 14.1. The van der Waals surface area contributed by atoms with Crippen LogP contribution in [0.4, 0.5) is 4.79 Å². The minimum absolute atomic E-state index is 0.221. The average molecular weight is 337 g/mol. The fourth-order valence-electron chi connectivity index (χ4n) is 3.03. The van der Waals surface area contributed by atoms with Crippen molar-refractivity contribution in [1.82, 2.24) is 9.88 Å². The van der Waals surface area contributed by atoms with Crippen molar-refractivity contribution in [3.8, 4) is 0 Å². The summed E-state index contributed by atoms with van der Waals surface area (Å²) in [4.78, 5) is 18.8. The minimum atomic E-state index is -0.447. The van der Waals surface area contributed by atoms with Gasteiger partial charge in [0.1, 0.15) is 5.60 Å². The summed E-state index contributed by atoms with van der Waals surface area (Å²) in [5.74, 6) is 0.966. The van der Waals surface area contributed by atoms with Crippen molar-refractivity contribution >= 4 is 17.7 Å². The topological polar surface area (TPSA) is 42.4 Å². The molecule has 0 N–H and O–H groups in total. The van der Waals surface area contributed by atoms with Crippen molar-refractivity contribution in [3.05, 3.63) is 28.5 Å². The van der Waals surface area contributed by atoms with Crippen molar-refractivity contribution in [1.29, 1.82) is 0 Å². The minimum Gasteiger partial charge on any atom is -0.444 e. The smallest absolute Gasteiger partial charge is 0.410 e. The van der Waals surface area contributed by atoms with Gasteiger partial charge in [0.25, 0.3) is 0 Å². The van der Waals surface area contributed by atoms with Gasteiger partial charge in [-0.15, -0.1) is 0 Å². The molecule has 3 rings (SSSR count). The van der Waals surface area contributed by atoms with Crippen molar-refractivity contribution in [2.24, 2.45) is 0 Å². The lowest BCUT2D eigenvalue weighted by Crippen LogP contribution is -2.41. The number of hydrogen-bond donors (Lipinski definition) is 0. The predicted octanol–water partition coefficient (Wildman–Crippen LogP) is 4.73. The standard InChI is InChI=1S/C18H25ClN2O2/c1-18(2,3)23-17(22)21-10-8-13(9-11-21)16-14(19)6-7-15(20-16)12-4-5-12/h6-7,12-13H,4-5,8-11H2,1-3H3. The summed E-state index contributed by atoms with van der Waals surface area (Å²) in [5.41, 5.74) is 1.75. The number of piperidine rings is 1. The molecule has 1 saturated heterocycles. The molecular weight excluding hydrogens is 312 g/mol. The number of pyridine rings is 1. The molecule has 1 aromatic heterocycles. The number of likely N-dealkylation sites (tertiary alicyclic amines) is 1. The molecular formula is C18H25ClN2O2. The molecule has 2 heterocycles. The number of aromatic nitrogens is 1. The highest BCUT2D eigenvalue weighted by molar-refractivity contribution is 6.31. The number of carbonyl (C=O) groups is 1. The lowest BCUT2D eigenvalue weighted by atomic mass is 9.93. The molecule has 4 nitrogen and oxygen atoms in total. The highest BCUT2D eigenvalue weighted by Crippen LogP contribution is 2.41. The van der Waals surface area contributed by atoms with Crippen LogP contribution in [-0.4, -0.2) is 34.7 Å². The molecule has 0 bridgehead atoms. The zero-order chi connectivity index (χ0) is 16.6. The maximum absolute atomic E-state index is 12.1. The number of carbonyl (C=O) groups excluding carboxylic acids is 1. The predicted molar refractivity (Wildman–Crippen MR) is 91.0 cm³/mol. The van der Waals surface area contributed by atoms with E-state index in [0.717, 1.165) is 23.6 Å². The molecule has 0 unspecified atom stereocenters. The lowest BCUT2D eigenvalue weighted by molar-refractivity contribution is 0.0204. The van der Waals surface area contributed by atoms with Crippen LogP contribution in [-0.2, 0) is 4.74 Å². The van der Waals surface area contributed by atoms with Gasteiger partial charge in [-0.3, -0.25) is 4.98 Å². The van der Waals surface area contributed by atoms with Crippen molar-refractivity contribution in [3.63, 3.8) is 0 Å². The molecule has 1 saturated carbocycles. The van der Waals surface area contributed by atoms with Crippen molar-refractivity contribution in [2.75, 3.05) is 13.1 Å². The Morgan fingerprint density at radius 1 is 1.17 bits per heavy atom. The summed E-state index contributed by atoms with van der Waals surface area (Å²) in [6, 6.07) is 4.04. The first-order valence-electron chi connectivity index (χ1n) is 8.48. The van der Waals surface area contributed by atoms with Crippen LogP contribution in [0.5, 0.6) is 0 Å². The van der Waals surface area contributed by atoms with Crippen LogP contribution < -0.4 is 0 Å². The third-order valence-electron chi connectivity index (χ3n) is 4.42. The molecule has 1 aromatic rings. The molecule has 2 aliphatic rings. The van der Waals surface area contributed by atoms with Crippen molar-refractivity contribution in [2.45, 2.75) is 63.9 Å². The molecule has 1 aliphatic carbocycles. The fraction of sp³-hybridized carbons (Fsp3) is 0.667. The number of nitrogens with zero attached hydrogens (tertiary/aromatic N) is 2. The van der Waals surface area contributed by atoms with Crippen LogP contribution in [0.15, 0.2) is 12.1 Å². The maximum Gasteiger partial charge on any atom is 0.410 e. The van der Waals surface area contributed by atoms with E-state index in [9.17, 15) is 4.79 Å². The van der Waals surface area contributed by atoms with Gasteiger partial charge in [0.15, 0.2) is 0 Å². The summed E-state index contributed by atoms with van der Waals surface area (Å²) < 4.78 is 5.45.